The van der Waals surface area contributed by atoms with E-state index in [0.717, 1.165) is 22.3 Å². The van der Waals surface area contributed by atoms with Crippen LogP contribution in [0.1, 0.15) is 29.2 Å². The van der Waals surface area contributed by atoms with Gasteiger partial charge in [-0.3, -0.25) is 31.1 Å². The van der Waals surface area contributed by atoms with Gasteiger partial charge in [0.2, 0.25) is 0 Å². The predicted octanol–water partition coefficient (Wildman–Crippen LogP) is 4.72. The standard InChI is InChI=1S/C45H58N6O12/c1-33(63-45(59)49-41-16-8-37(9-17-41)31-35-4-12-39(13-5-35)47-43(57)61-29-23-51(20-26-54)21-27-55)32-62-44(58)48-40-14-6-36(7-15-40)30-34-2-10-38(11-3-34)46-42(56)60-28-22-50(18-24-52)19-25-53/h2-17,33,52-55H,18-32H2,1H3,(H,46,56)(H,47,57)(H,48,58)(H,49,59). The van der Waals surface area contributed by atoms with Crippen molar-refractivity contribution in [3.05, 3.63) is 119 Å². The fourth-order valence-electron chi connectivity index (χ4n) is 6.09. The summed E-state index contributed by atoms with van der Waals surface area (Å²) >= 11 is 0. The van der Waals surface area contributed by atoms with E-state index in [-0.39, 0.29) is 46.2 Å². The lowest BCUT2D eigenvalue weighted by Crippen LogP contribution is -2.33. The van der Waals surface area contributed by atoms with Crippen molar-refractivity contribution in [2.24, 2.45) is 0 Å². The van der Waals surface area contributed by atoms with E-state index in [1.54, 1.807) is 65.3 Å². The van der Waals surface area contributed by atoms with E-state index in [9.17, 15) is 19.2 Å². The summed E-state index contributed by atoms with van der Waals surface area (Å²) in [4.78, 5) is 52.8. The molecule has 18 heteroatoms. The first-order valence-corrected chi connectivity index (χ1v) is 20.6. The highest BCUT2D eigenvalue weighted by molar-refractivity contribution is 5.86. The molecule has 4 aromatic rings. The fourth-order valence-corrected chi connectivity index (χ4v) is 6.09. The average molecular weight is 875 g/mol. The van der Waals surface area contributed by atoms with Gasteiger partial charge in [0.15, 0.2) is 0 Å². The summed E-state index contributed by atoms with van der Waals surface area (Å²) in [7, 11) is 0. The second-order valence-electron chi connectivity index (χ2n) is 14.3. The van der Waals surface area contributed by atoms with Gasteiger partial charge in [0.05, 0.1) is 26.4 Å². The summed E-state index contributed by atoms with van der Waals surface area (Å²) in [6.07, 6.45) is -2.11. The number of hydrogen-bond donors (Lipinski definition) is 8. The van der Waals surface area contributed by atoms with Gasteiger partial charge in [-0.05, 0) is 90.6 Å². The minimum atomic E-state index is -0.728. The first kappa shape index (κ1) is 49.4. The number of amides is 4. The quantitative estimate of drug-likeness (QED) is 0.0421. The van der Waals surface area contributed by atoms with E-state index in [1.807, 2.05) is 48.5 Å². The minimum Gasteiger partial charge on any atom is -0.448 e. The molecule has 0 aromatic heterocycles. The number of carbonyl (C=O) groups excluding carboxylic acids is 4. The van der Waals surface area contributed by atoms with Crippen LogP contribution in [-0.4, -0.2) is 146 Å². The maximum atomic E-state index is 12.5. The Morgan fingerprint density at radius 1 is 0.444 bits per heavy atom. The molecule has 1 atom stereocenters. The molecule has 0 aliphatic rings. The van der Waals surface area contributed by atoms with E-state index < -0.39 is 30.5 Å². The summed E-state index contributed by atoms with van der Waals surface area (Å²) in [6.45, 7) is 3.77. The smallest absolute Gasteiger partial charge is 0.412 e. The van der Waals surface area contributed by atoms with E-state index in [1.165, 1.54) is 0 Å². The van der Waals surface area contributed by atoms with Gasteiger partial charge in [-0.1, -0.05) is 48.5 Å². The van der Waals surface area contributed by atoms with Gasteiger partial charge in [0.1, 0.15) is 25.9 Å². The third kappa shape index (κ3) is 19.5. The molecule has 0 saturated carbocycles. The molecule has 0 spiro atoms. The zero-order valence-corrected chi connectivity index (χ0v) is 35.4. The number of anilines is 4. The van der Waals surface area contributed by atoms with Crippen molar-refractivity contribution in [2.75, 3.05) is 107 Å². The van der Waals surface area contributed by atoms with Crippen LogP contribution in [0.5, 0.6) is 0 Å². The molecular formula is C45H58N6O12. The Morgan fingerprint density at radius 3 is 1.03 bits per heavy atom. The molecule has 0 aliphatic carbocycles. The van der Waals surface area contributed by atoms with Gasteiger partial charge in [0.25, 0.3) is 0 Å². The lowest BCUT2D eigenvalue weighted by Gasteiger charge is -2.19. The van der Waals surface area contributed by atoms with Crippen molar-refractivity contribution in [1.82, 2.24) is 9.80 Å². The second kappa shape index (κ2) is 27.6. The summed E-state index contributed by atoms with van der Waals surface area (Å²) < 4.78 is 21.0. The predicted molar refractivity (Wildman–Crippen MR) is 237 cm³/mol. The highest BCUT2D eigenvalue weighted by Crippen LogP contribution is 2.18. The number of aliphatic hydroxyl groups excluding tert-OH is 4. The van der Waals surface area contributed by atoms with Crippen molar-refractivity contribution in [3.8, 4) is 0 Å². The monoisotopic (exact) mass is 874 g/mol. The minimum absolute atomic E-state index is 0.0516. The Kier molecular flexibility index (Phi) is 21.6. The maximum Gasteiger partial charge on any atom is 0.412 e. The summed E-state index contributed by atoms with van der Waals surface area (Å²) in [6, 6.07) is 29.1. The van der Waals surface area contributed by atoms with Crippen LogP contribution in [0.15, 0.2) is 97.1 Å². The summed E-state index contributed by atoms with van der Waals surface area (Å²) in [5.74, 6) is 0. The largest absolute Gasteiger partial charge is 0.448 e. The van der Waals surface area contributed by atoms with Crippen molar-refractivity contribution in [1.29, 1.82) is 0 Å². The van der Waals surface area contributed by atoms with Gasteiger partial charge in [-0.15, -0.1) is 0 Å². The molecular weight excluding hydrogens is 817 g/mol. The molecule has 18 nitrogen and oxygen atoms in total. The maximum absolute atomic E-state index is 12.5. The van der Waals surface area contributed by atoms with Crippen LogP contribution in [-0.2, 0) is 31.8 Å². The lowest BCUT2D eigenvalue weighted by molar-refractivity contribution is 0.0651. The van der Waals surface area contributed by atoms with Crippen LogP contribution in [0.4, 0.5) is 41.9 Å². The van der Waals surface area contributed by atoms with E-state index >= 15 is 0 Å². The molecule has 4 aromatic carbocycles. The van der Waals surface area contributed by atoms with Crippen LogP contribution in [0, 0.1) is 0 Å². The summed E-state index contributed by atoms with van der Waals surface area (Å²) in [5, 5.41) is 47.0. The number of nitrogens with one attached hydrogen (secondary N) is 4. The second-order valence-corrected chi connectivity index (χ2v) is 14.3. The first-order valence-electron chi connectivity index (χ1n) is 20.6. The molecule has 0 bridgehead atoms. The highest BCUT2D eigenvalue weighted by atomic mass is 16.6. The number of nitrogens with zero attached hydrogens (tertiary/aromatic N) is 2. The molecule has 0 aliphatic heterocycles. The van der Waals surface area contributed by atoms with Gasteiger partial charge in [-0.2, -0.15) is 0 Å². The normalized spacial score (nSPS) is 11.4. The van der Waals surface area contributed by atoms with E-state index in [2.05, 4.69) is 21.3 Å². The Labute approximate surface area is 366 Å². The lowest BCUT2D eigenvalue weighted by atomic mass is 10.0. The Balaban J connectivity index is 1.09. The highest BCUT2D eigenvalue weighted by Gasteiger charge is 2.14. The molecule has 4 amide bonds. The number of aliphatic hydroxyl groups is 4. The topological polar surface area (TPSA) is 241 Å². The number of rotatable bonds is 25. The van der Waals surface area contributed by atoms with Crippen molar-refractivity contribution in [2.45, 2.75) is 25.9 Å². The molecule has 340 valence electrons. The van der Waals surface area contributed by atoms with Crippen molar-refractivity contribution in [3.63, 3.8) is 0 Å². The van der Waals surface area contributed by atoms with Gasteiger partial charge in [-0.25, -0.2) is 19.2 Å². The number of hydrogen-bond acceptors (Lipinski definition) is 14. The van der Waals surface area contributed by atoms with Crippen LogP contribution in [0.3, 0.4) is 0 Å². The average Bonchev–Trinajstić information content (AvgIpc) is 3.26. The third-order valence-corrected chi connectivity index (χ3v) is 9.32. The Morgan fingerprint density at radius 2 is 0.730 bits per heavy atom. The Bertz CT molecular complexity index is 1960. The molecule has 1 unspecified atom stereocenters. The first-order chi connectivity index (χ1) is 30.5. The molecule has 63 heavy (non-hydrogen) atoms. The number of ether oxygens (including phenoxy) is 4. The van der Waals surface area contributed by atoms with Crippen LogP contribution in [0.25, 0.3) is 0 Å². The van der Waals surface area contributed by atoms with Crippen molar-refractivity contribution < 1.29 is 58.6 Å². The van der Waals surface area contributed by atoms with Crippen LogP contribution >= 0.6 is 0 Å². The molecule has 0 fully saturated rings. The number of carbonyl (C=O) groups is 4. The van der Waals surface area contributed by atoms with Crippen LogP contribution < -0.4 is 21.3 Å². The Hall–Kier alpha value is -6.28. The third-order valence-electron chi connectivity index (χ3n) is 9.32. The number of benzene rings is 4. The molecule has 8 N–H and O–H groups in total. The molecule has 0 radical (unpaired) electrons. The fraction of sp³-hybridized carbons (Fsp3) is 0.378. The van der Waals surface area contributed by atoms with E-state index in [4.69, 9.17) is 39.4 Å². The zero-order chi connectivity index (χ0) is 45.2. The van der Waals surface area contributed by atoms with Crippen molar-refractivity contribution >= 4 is 47.1 Å². The molecule has 4 rings (SSSR count). The van der Waals surface area contributed by atoms with E-state index in [0.29, 0.717) is 74.9 Å². The van der Waals surface area contributed by atoms with Gasteiger partial charge < -0.3 is 39.4 Å². The van der Waals surface area contributed by atoms with Gasteiger partial charge in [0, 0.05) is 62.0 Å². The SMILES string of the molecule is CC(COC(=O)Nc1ccc(Cc2ccc(NC(=O)OCCN(CCO)CCO)cc2)cc1)OC(=O)Nc1ccc(Cc2ccc(NC(=O)OCCN(CCO)CCO)cc2)cc1. The molecule has 0 heterocycles. The molecule has 0 saturated heterocycles. The zero-order valence-electron chi connectivity index (χ0n) is 35.4. The van der Waals surface area contributed by atoms with Gasteiger partial charge >= 0.3 is 24.4 Å². The summed E-state index contributed by atoms with van der Waals surface area (Å²) in [5.41, 5.74) is 6.17. The van der Waals surface area contributed by atoms with Crippen LogP contribution in [0.2, 0.25) is 0 Å².